The predicted octanol–water partition coefficient (Wildman–Crippen LogP) is 4.89. The van der Waals surface area contributed by atoms with Crippen LogP contribution in [0, 0.1) is 56.7 Å². The highest BCUT2D eigenvalue weighted by Gasteiger charge is 2.57. The molecule has 0 spiro atoms. The fraction of sp³-hybridized carbons (Fsp3) is 0.500. The van der Waals surface area contributed by atoms with Crippen molar-refractivity contribution < 1.29 is 9.47 Å². The molecule has 0 heterocycles. The van der Waals surface area contributed by atoms with Gasteiger partial charge in [0.25, 0.3) is 0 Å². The summed E-state index contributed by atoms with van der Waals surface area (Å²) < 4.78 is 11.6. The fourth-order valence-corrected chi connectivity index (χ4v) is 4.84. The summed E-state index contributed by atoms with van der Waals surface area (Å²) in [5, 5.41) is 39.0. The molecule has 6 nitrogen and oxygen atoms in total. The molecule has 0 bridgehead atoms. The van der Waals surface area contributed by atoms with E-state index in [2.05, 4.69) is 24.3 Å². The van der Waals surface area contributed by atoms with E-state index in [4.69, 9.17) is 14.9 Å². The van der Waals surface area contributed by atoms with Crippen molar-refractivity contribution in [1.82, 2.24) is 0 Å². The molecule has 2 aliphatic carbocycles. The SMILES string of the molecule is CCOc1ccc(OCC)c([C@H]2[C@@H]3CCCCC=C3[C@@H](C#N)C(=N)C2(C#N)C#N)c1. The van der Waals surface area contributed by atoms with Gasteiger partial charge in [0.15, 0.2) is 5.41 Å². The fourth-order valence-electron chi connectivity index (χ4n) is 4.84. The number of hydrogen-bond donors (Lipinski definition) is 1. The molecule has 2 aliphatic rings. The first-order chi connectivity index (χ1) is 14.6. The summed E-state index contributed by atoms with van der Waals surface area (Å²) in [6.07, 6.45) is 5.58. The maximum Gasteiger partial charge on any atom is 0.189 e. The van der Waals surface area contributed by atoms with Gasteiger partial charge in [-0.15, -0.1) is 0 Å². The van der Waals surface area contributed by atoms with Gasteiger partial charge in [0, 0.05) is 11.5 Å². The Morgan fingerprint density at radius 1 is 1.10 bits per heavy atom. The minimum Gasteiger partial charge on any atom is -0.494 e. The Morgan fingerprint density at radius 3 is 2.47 bits per heavy atom. The largest absolute Gasteiger partial charge is 0.494 e. The lowest BCUT2D eigenvalue weighted by atomic mass is 9.54. The van der Waals surface area contributed by atoms with Crippen molar-refractivity contribution in [3.8, 4) is 29.7 Å². The quantitative estimate of drug-likeness (QED) is 0.704. The van der Waals surface area contributed by atoms with Gasteiger partial charge in [-0.3, -0.25) is 0 Å². The number of nitrogens with zero attached hydrogens (tertiary/aromatic N) is 3. The van der Waals surface area contributed by atoms with Crippen molar-refractivity contribution in [2.24, 2.45) is 17.3 Å². The summed E-state index contributed by atoms with van der Waals surface area (Å²) in [6, 6.07) is 11.9. The van der Waals surface area contributed by atoms with E-state index in [-0.39, 0.29) is 11.6 Å². The molecule has 6 heteroatoms. The van der Waals surface area contributed by atoms with E-state index in [1.165, 1.54) is 0 Å². The van der Waals surface area contributed by atoms with Gasteiger partial charge in [-0.2, -0.15) is 15.8 Å². The van der Waals surface area contributed by atoms with Crippen LogP contribution < -0.4 is 9.47 Å². The van der Waals surface area contributed by atoms with Crippen LogP contribution in [0.4, 0.5) is 0 Å². The molecular weight excluding hydrogens is 376 g/mol. The van der Waals surface area contributed by atoms with Gasteiger partial charge in [0.1, 0.15) is 17.4 Å². The summed E-state index contributed by atoms with van der Waals surface area (Å²) in [4.78, 5) is 0. The smallest absolute Gasteiger partial charge is 0.189 e. The van der Waals surface area contributed by atoms with Crippen molar-refractivity contribution in [2.75, 3.05) is 13.2 Å². The lowest BCUT2D eigenvalue weighted by Crippen LogP contribution is -2.48. The molecular formula is C24H26N4O2. The molecule has 0 aliphatic heterocycles. The van der Waals surface area contributed by atoms with Crippen LogP contribution in [-0.4, -0.2) is 18.9 Å². The molecule has 0 amide bonds. The number of allylic oxidation sites excluding steroid dienone is 2. The Balaban J connectivity index is 2.30. The van der Waals surface area contributed by atoms with Gasteiger partial charge >= 0.3 is 0 Å². The summed E-state index contributed by atoms with van der Waals surface area (Å²) >= 11 is 0. The molecule has 0 unspecified atom stereocenters. The van der Waals surface area contributed by atoms with Crippen molar-refractivity contribution in [3.05, 3.63) is 35.4 Å². The van der Waals surface area contributed by atoms with E-state index in [0.717, 1.165) is 31.3 Å². The van der Waals surface area contributed by atoms with E-state index >= 15 is 0 Å². The lowest BCUT2D eigenvalue weighted by molar-refractivity contribution is 0.297. The summed E-state index contributed by atoms with van der Waals surface area (Å²) in [6.45, 7) is 4.70. The normalized spacial score (nSPS) is 24.8. The number of nitriles is 3. The van der Waals surface area contributed by atoms with Gasteiger partial charge in [-0.25, -0.2) is 0 Å². The van der Waals surface area contributed by atoms with Crippen LogP contribution in [0.15, 0.2) is 29.8 Å². The maximum absolute atomic E-state index is 10.2. The molecule has 1 N–H and O–H groups in total. The second-order valence-corrected chi connectivity index (χ2v) is 7.65. The molecule has 0 saturated heterocycles. The Kier molecular flexibility index (Phi) is 6.43. The third-order valence-electron chi connectivity index (χ3n) is 6.10. The van der Waals surface area contributed by atoms with E-state index in [9.17, 15) is 15.8 Å². The summed E-state index contributed by atoms with van der Waals surface area (Å²) in [5.41, 5.74) is -0.294. The second-order valence-electron chi connectivity index (χ2n) is 7.65. The van der Waals surface area contributed by atoms with E-state index in [1.54, 1.807) is 0 Å². The average Bonchev–Trinajstić information content (AvgIpc) is 3.00. The van der Waals surface area contributed by atoms with Crippen LogP contribution in [0.2, 0.25) is 0 Å². The van der Waals surface area contributed by atoms with Crippen molar-refractivity contribution in [1.29, 1.82) is 21.2 Å². The topological polar surface area (TPSA) is 114 Å². The molecule has 1 saturated carbocycles. The second kappa shape index (κ2) is 9.02. The Morgan fingerprint density at radius 2 is 1.83 bits per heavy atom. The van der Waals surface area contributed by atoms with Gasteiger partial charge in [0.2, 0.25) is 0 Å². The average molecular weight is 402 g/mol. The number of nitrogens with one attached hydrogen (secondary N) is 1. The number of benzene rings is 1. The number of hydrogen-bond acceptors (Lipinski definition) is 6. The van der Waals surface area contributed by atoms with Crippen molar-refractivity contribution in [3.63, 3.8) is 0 Å². The van der Waals surface area contributed by atoms with Gasteiger partial charge in [-0.05, 0) is 62.8 Å². The van der Waals surface area contributed by atoms with Gasteiger partial charge in [-0.1, -0.05) is 12.5 Å². The van der Waals surface area contributed by atoms with Crippen LogP contribution in [-0.2, 0) is 0 Å². The Labute approximate surface area is 177 Å². The lowest BCUT2D eigenvalue weighted by Gasteiger charge is -2.44. The van der Waals surface area contributed by atoms with Crippen molar-refractivity contribution >= 4 is 5.71 Å². The monoisotopic (exact) mass is 402 g/mol. The third-order valence-corrected chi connectivity index (χ3v) is 6.10. The zero-order valence-electron chi connectivity index (χ0n) is 17.4. The highest BCUT2D eigenvalue weighted by atomic mass is 16.5. The number of fused-ring (bicyclic) bond motifs is 1. The van der Waals surface area contributed by atoms with E-state index in [0.29, 0.717) is 30.3 Å². The minimum absolute atomic E-state index is 0.131. The molecule has 154 valence electrons. The Hall–Kier alpha value is -3.30. The van der Waals surface area contributed by atoms with E-state index < -0.39 is 17.3 Å². The van der Waals surface area contributed by atoms with Crippen LogP contribution in [0.3, 0.4) is 0 Å². The molecule has 1 aromatic carbocycles. The van der Waals surface area contributed by atoms with Gasteiger partial charge in [0.05, 0.1) is 37.1 Å². The maximum atomic E-state index is 10.2. The molecule has 1 aromatic rings. The summed E-state index contributed by atoms with van der Waals surface area (Å²) in [5.74, 6) is -0.395. The van der Waals surface area contributed by atoms with Crippen LogP contribution in [0.5, 0.6) is 11.5 Å². The molecule has 30 heavy (non-hydrogen) atoms. The third kappa shape index (κ3) is 3.42. The zero-order chi connectivity index (χ0) is 21.7. The first-order valence-corrected chi connectivity index (χ1v) is 10.5. The highest BCUT2D eigenvalue weighted by Crippen LogP contribution is 2.56. The predicted molar refractivity (Wildman–Crippen MR) is 112 cm³/mol. The molecule has 3 rings (SSSR count). The Bertz CT molecular complexity index is 962. The van der Waals surface area contributed by atoms with Crippen molar-refractivity contribution in [2.45, 2.75) is 45.4 Å². The molecule has 0 radical (unpaired) electrons. The number of ether oxygens (including phenoxy) is 2. The minimum atomic E-state index is -1.73. The van der Waals surface area contributed by atoms with Crippen LogP contribution in [0.1, 0.15) is 51.0 Å². The summed E-state index contributed by atoms with van der Waals surface area (Å²) in [7, 11) is 0. The first-order valence-electron chi connectivity index (χ1n) is 10.5. The van der Waals surface area contributed by atoms with Crippen LogP contribution in [0.25, 0.3) is 0 Å². The molecule has 0 aromatic heterocycles. The standard InChI is InChI=1S/C24H26N4O2/c1-3-29-16-10-11-21(30-4-2)19(12-16)22-18-9-7-5-6-8-17(18)20(13-25)23(28)24(22,14-26)15-27/h8,10-12,18,20,22,28H,3-7,9H2,1-2H3/t18-,20-,22-/m1/s1. The number of rotatable bonds is 5. The van der Waals surface area contributed by atoms with Gasteiger partial charge < -0.3 is 14.9 Å². The molecule has 3 atom stereocenters. The van der Waals surface area contributed by atoms with E-state index in [1.807, 2.05) is 32.0 Å². The highest BCUT2D eigenvalue weighted by molar-refractivity contribution is 6.00. The molecule has 1 fully saturated rings. The zero-order valence-corrected chi connectivity index (χ0v) is 17.4. The van der Waals surface area contributed by atoms with Crippen LogP contribution >= 0.6 is 0 Å². The first kappa shape index (κ1) is 21.4.